The minimum atomic E-state index is -0.335. The molecule has 0 aromatic heterocycles. The van der Waals surface area contributed by atoms with Gasteiger partial charge in [0.15, 0.2) is 0 Å². The number of benzene rings is 1. The van der Waals surface area contributed by atoms with E-state index < -0.39 is 0 Å². The SMILES string of the molecule is CC1CN(C(=O)c2ccc(I)c(O)c2)CC(C)(C)O1. The smallest absolute Gasteiger partial charge is 0.254 e. The number of hydrogen-bond acceptors (Lipinski definition) is 3. The molecule has 1 heterocycles. The average Bonchev–Trinajstić information content (AvgIpc) is 2.29. The number of carbonyl (C=O) groups excluding carboxylic acids is 1. The van der Waals surface area contributed by atoms with Crippen molar-refractivity contribution in [3.63, 3.8) is 0 Å². The van der Waals surface area contributed by atoms with E-state index in [4.69, 9.17) is 4.74 Å². The Labute approximate surface area is 126 Å². The van der Waals surface area contributed by atoms with Crippen LogP contribution >= 0.6 is 22.6 Å². The number of nitrogens with zero attached hydrogens (tertiary/aromatic N) is 1. The van der Waals surface area contributed by atoms with Crippen molar-refractivity contribution < 1.29 is 14.6 Å². The fourth-order valence-electron chi connectivity index (χ4n) is 2.44. The number of phenols is 1. The molecule has 1 aliphatic rings. The monoisotopic (exact) mass is 375 g/mol. The summed E-state index contributed by atoms with van der Waals surface area (Å²) < 4.78 is 6.53. The molecule has 0 bridgehead atoms. The molecule has 0 radical (unpaired) electrons. The number of phenolic OH excluding ortho intramolecular Hbond substituents is 1. The lowest BCUT2D eigenvalue weighted by atomic mass is 10.0. The van der Waals surface area contributed by atoms with Crippen LogP contribution in [0.2, 0.25) is 0 Å². The minimum Gasteiger partial charge on any atom is -0.507 e. The van der Waals surface area contributed by atoms with E-state index in [1.807, 2.05) is 43.4 Å². The Balaban J connectivity index is 2.21. The summed E-state index contributed by atoms with van der Waals surface area (Å²) in [6.45, 7) is 7.06. The van der Waals surface area contributed by atoms with Gasteiger partial charge < -0.3 is 14.7 Å². The maximum atomic E-state index is 12.5. The Morgan fingerprint density at radius 1 is 1.53 bits per heavy atom. The molecule has 0 saturated carbocycles. The fraction of sp³-hybridized carbons (Fsp3) is 0.500. The summed E-state index contributed by atoms with van der Waals surface area (Å²) in [6.07, 6.45) is 0.0187. The molecular formula is C14H18INO3. The van der Waals surface area contributed by atoms with Crippen LogP contribution in [0.25, 0.3) is 0 Å². The number of halogens is 1. The molecule has 1 aromatic carbocycles. The van der Waals surface area contributed by atoms with E-state index in [1.54, 1.807) is 17.0 Å². The first kappa shape index (κ1) is 14.6. The highest BCUT2D eigenvalue weighted by molar-refractivity contribution is 14.1. The summed E-state index contributed by atoms with van der Waals surface area (Å²) in [7, 11) is 0. The van der Waals surface area contributed by atoms with Gasteiger partial charge in [-0.15, -0.1) is 0 Å². The Morgan fingerprint density at radius 2 is 2.21 bits per heavy atom. The Morgan fingerprint density at radius 3 is 2.79 bits per heavy atom. The minimum absolute atomic E-state index is 0.0187. The largest absolute Gasteiger partial charge is 0.507 e. The third-order valence-corrected chi connectivity index (χ3v) is 3.96. The molecule has 1 amide bonds. The Hall–Kier alpha value is -0.820. The van der Waals surface area contributed by atoms with Gasteiger partial charge in [-0.25, -0.2) is 0 Å². The summed E-state index contributed by atoms with van der Waals surface area (Å²) in [5.74, 6) is 0.0851. The highest BCUT2D eigenvalue weighted by Gasteiger charge is 2.34. The maximum Gasteiger partial charge on any atom is 0.254 e. The Bertz CT molecular complexity index is 501. The second-order valence-corrected chi connectivity index (χ2v) is 6.70. The van der Waals surface area contributed by atoms with Crippen molar-refractivity contribution in [2.75, 3.05) is 13.1 Å². The molecule has 5 heteroatoms. The summed E-state index contributed by atoms with van der Waals surface area (Å²) >= 11 is 2.03. The van der Waals surface area contributed by atoms with Crippen LogP contribution in [0.1, 0.15) is 31.1 Å². The number of ether oxygens (including phenoxy) is 1. The van der Waals surface area contributed by atoms with Crippen molar-refractivity contribution >= 4 is 28.5 Å². The van der Waals surface area contributed by atoms with E-state index in [2.05, 4.69) is 0 Å². The van der Waals surface area contributed by atoms with Gasteiger partial charge in [0.05, 0.1) is 15.3 Å². The molecule has 0 spiro atoms. The third kappa shape index (κ3) is 3.39. The van der Waals surface area contributed by atoms with E-state index in [9.17, 15) is 9.90 Å². The van der Waals surface area contributed by atoms with Crippen LogP contribution in [0.5, 0.6) is 5.75 Å². The number of hydrogen-bond donors (Lipinski definition) is 1. The summed E-state index contributed by atoms with van der Waals surface area (Å²) in [4.78, 5) is 14.2. The molecular weight excluding hydrogens is 357 g/mol. The standard InChI is InChI=1S/C14H18INO3/c1-9-7-16(8-14(2,3)19-9)13(18)10-4-5-11(15)12(17)6-10/h4-6,9,17H,7-8H2,1-3H3. The molecule has 0 aliphatic carbocycles. The van der Waals surface area contributed by atoms with Crippen molar-refractivity contribution in [2.45, 2.75) is 32.5 Å². The van der Waals surface area contributed by atoms with Crippen LogP contribution in [0.3, 0.4) is 0 Å². The average molecular weight is 375 g/mol. The first-order valence-electron chi connectivity index (χ1n) is 6.24. The zero-order valence-electron chi connectivity index (χ0n) is 11.3. The number of rotatable bonds is 1. The van der Waals surface area contributed by atoms with Gasteiger partial charge in [-0.3, -0.25) is 4.79 Å². The molecule has 1 N–H and O–H groups in total. The van der Waals surface area contributed by atoms with E-state index in [0.29, 0.717) is 18.7 Å². The number of amides is 1. The van der Waals surface area contributed by atoms with Crippen LogP contribution in [0.4, 0.5) is 0 Å². The van der Waals surface area contributed by atoms with Gasteiger partial charge in [0, 0.05) is 18.7 Å². The predicted octanol–water partition coefficient (Wildman–Crippen LogP) is 2.64. The molecule has 1 fully saturated rings. The van der Waals surface area contributed by atoms with Gasteiger partial charge in [0.1, 0.15) is 5.75 Å². The van der Waals surface area contributed by atoms with Gasteiger partial charge in [-0.2, -0.15) is 0 Å². The van der Waals surface area contributed by atoms with Gasteiger partial charge in [-0.05, 0) is 61.6 Å². The molecule has 1 saturated heterocycles. The van der Waals surface area contributed by atoms with Crippen molar-refractivity contribution in [3.05, 3.63) is 27.3 Å². The molecule has 1 aromatic rings. The quantitative estimate of drug-likeness (QED) is 0.768. The topological polar surface area (TPSA) is 49.8 Å². The van der Waals surface area contributed by atoms with E-state index in [-0.39, 0.29) is 23.4 Å². The van der Waals surface area contributed by atoms with E-state index >= 15 is 0 Å². The molecule has 104 valence electrons. The maximum absolute atomic E-state index is 12.5. The van der Waals surface area contributed by atoms with Gasteiger partial charge in [0.2, 0.25) is 0 Å². The van der Waals surface area contributed by atoms with Gasteiger partial charge >= 0.3 is 0 Å². The number of morpholine rings is 1. The number of carbonyl (C=O) groups is 1. The van der Waals surface area contributed by atoms with Crippen LogP contribution < -0.4 is 0 Å². The first-order chi connectivity index (χ1) is 8.78. The predicted molar refractivity (Wildman–Crippen MR) is 81.4 cm³/mol. The van der Waals surface area contributed by atoms with Crippen molar-refractivity contribution in [2.24, 2.45) is 0 Å². The molecule has 1 unspecified atom stereocenters. The van der Waals surface area contributed by atoms with E-state index in [1.165, 1.54) is 6.07 Å². The highest BCUT2D eigenvalue weighted by Crippen LogP contribution is 2.25. The van der Waals surface area contributed by atoms with Crippen molar-refractivity contribution in [1.82, 2.24) is 4.90 Å². The molecule has 4 nitrogen and oxygen atoms in total. The van der Waals surface area contributed by atoms with Gasteiger partial charge in [0.25, 0.3) is 5.91 Å². The zero-order valence-corrected chi connectivity index (χ0v) is 13.5. The second kappa shape index (κ2) is 5.28. The van der Waals surface area contributed by atoms with Crippen molar-refractivity contribution in [1.29, 1.82) is 0 Å². The fourth-order valence-corrected chi connectivity index (χ4v) is 2.77. The second-order valence-electron chi connectivity index (χ2n) is 5.54. The van der Waals surface area contributed by atoms with E-state index in [0.717, 1.165) is 3.57 Å². The summed E-state index contributed by atoms with van der Waals surface area (Å²) in [5.41, 5.74) is 0.182. The lowest BCUT2D eigenvalue weighted by Gasteiger charge is -2.41. The Kier molecular flexibility index (Phi) is 4.06. The molecule has 2 rings (SSSR count). The van der Waals surface area contributed by atoms with Crippen LogP contribution in [0, 0.1) is 3.57 Å². The zero-order chi connectivity index (χ0) is 14.2. The van der Waals surface area contributed by atoms with Crippen LogP contribution in [-0.4, -0.2) is 40.7 Å². The lowest BCUT2D eigenvalue weighted by Crippen LogP contribution is -2.53. The van der Waals surface area contributed by atoms with Crippen molar-refractivity contribution in [3.8, 4) is 5.75 Å². The van der Waals surface area contributed by atoms with Crippen LogP contribution in [-0.2, 0) is 4.74 Å². The molecule has 1 atom stereocenters. The molecule has 1 aliphatic heterocycles. The van der Waals surface area contributed by atoms with Gasteiger partial charge in [-0.1, -0.05) is 0 Å². The summed E-state index contributed by atoms with van der Waals surface area (Å²) in [6, 6.07) is 5.02. The third-order valence-electron chi connectivity index (χ3n) is 3.05. The molecule has 19 heavy (non-hydrogen) atoms. The first-order valence-corrected chi connectivity index (χ1v) is 7.32. The summed E-state index contributed by atoms with van der Waals surface area (Å²) in [5, 5.41) is 9.70. The highest BCUT2D eigenvalue weighted by atomic mass is 127. The number of aromatic hydroxyl groups is 1. The lowest BCUT2D eigenvalue weighted by molar-refractivity contribution is -0.118. The normalized spacial score (nSPS) is 22.3. The van der Waals surface area contributed by atoms with Crippen LogP contribution in [0.15, 0.2) is 18.2 Å².